The van der Waals surface area contributed by atoms with Crippen molar-refractivity contribution in [2.24, 2.45) is 0 Å². The molecule has 90 valence electrons. The molecule has 0 aromatic rings. The molecule has 1 aliphatic heterocycles. The minimum atomic E-state index is 0.768. The fraction of sp³-hybridized carbons (Fsp3) is 1.00. The zero-order chi connectivity index (χ0) is 11.1. The van der Waals surface area contributed by atoms with Crippen LogP contribution < -0.4 is 5.32 Å². The number of rotatable bonds is 6. The highest BCUT2D eigenvalue weighted by atomic mass is 15.3. The lowest BCUT2D eigenvalue weighted by molar-refractivity contribution is 0.100. The van der Waals surface area contributed by atoms with E-state index in [1.54, 1.807) is 0 Å². The van der Waals surface area contributed by atoms with Crippen LogP contribution in [0.2, 0.25) is 0 Å². The number of piperazine rings is 1. The molecule has 1 saturated heterocycles. The molecule has 3 heteroatoms. The summed E-state index contributed by atoms with van der Waals surface area (Å²) < 4.78 is 0. The van der Waals surface area contributed by atoms with Gasteiger partial charge in [-0.1, -0.05) is 6.92 Å². The molecule has 1 unspecified atom stereocenters. The quantitative estimate of drug-likeness (QED) is 0.664. The van der Waals surface area contributed by atoms with Crippen molar-refractivity contribution in [3.8, 4) is 0 Å². The van der Waals surface area contributed by atoms with E-state index in [1.165, 1.54) is 45.6 Å². The van der Waals surface area contributed by atoms with Crippen LogP contribution in [0.3, 0.4) is 0 Å². The summed E-state index contributed by atoms with van der Waals surface area (Å²) >= 11 is 0. The van der Waals surface area contributed by atoms with Crippen molar-refractivity contribution in [2.45, 2.75) is 32.7 Å². The number of nitrogens with zero attached hydrogens (tertiary/aromatic N) is 2. The van der Waals surface area contributed by atoms with Gasteiger partial charge in [0.1, 0.15) is 0 Å². The van der Waals surface area contributed by atoms with Crippen LogP contribution in [0.1, 0.15) is 26.7 Å². The Kier molecular flexibility index (Phi) is 6.22. The Labute approximate surface area is 94.8 Å². The van der Waals surface area contributed by atoms with Gasteiger partial charge in [0.15, 0.2) is 0 Å². The molecule has 15 heavy (non-hydrogen) atoms. The third kappa shape index (κ3) is 4.49. The van der Waals surface area contributed by atoms with Crippen molar-refractivity contribution >= 4 is 0 Å². The van der Waals surface area contributed by atoms with Gasteiger partial charge >= 0.3 is 0 Å². The van der Waals surface area contributed by atoms with E-state index < -0.39 is 0 Å². The second-order valence-corrected chi connectivity index (χ2v) is 4.59. The predicted octanol–water partition coefficient (Wildman–Crippen LogP) is 1.01. The van der Waals surface area contributed by atoms with Crippen LogP contribution in [-0.4, -0.2) is 62.2 Å². The monoisotopic (exact) mass is 213 g/mol. The summed E-state index contributed by atoms with van der Waals surface area (Å²) in [7, 11) is 2.03. The molecule has 0 aromatic heterocycles. The Bertz CT molecular complexity index is 153. The van der Waals surface area contributed by atoms with Gasteiger partial charge in [-0.2, -0.15) is 0 Å². The van der Waals surface area contributed by atoms with E-state index in [2.05, 4.69) is 29.0 Å². The fourth-order valence-electron chi connectivity index (χ4n) is 2.17. The molecule has 3 nitrogen and oxygen atoms in total. The average molecular weight is 213 g/mol. The van der Waals surface area contributed by atoms with Crippen molar-refractivity contribution in [3.63, 3.8) is 0 Å². The van der Waals surface area contributed by atoms with E-state index in [1.807, 2.05) is 7.05 Å². The first-order valence-corrected chi connectivity index (χ1v) is 6.39. The average Bonchev–Trinajstić information content (AvgIpc) is 2.29. The van der Waals surface area contributed by atoms with Crippen LogP contribution in [0.15, 0.2) is 0 Å². The molecular formula is C12H27N3. The Morgan fingerprint density at radius 1 is 1.20 bits per heavy atom. The maximum Gasteiger partial charge on any atom is 0.0113 e. The first kappa shape index (κ1) is 12.9. The van der Waals surface area contributed by atoms with Crippen molar-refractivity contribution < 1.29 is 0 Å². The molecule has 0 radical (unpaired) electrons. The van der Waals surface area contributed by atoms with Gasteiger partial charge in [0.2, 0.25) is 0 Å². The number of hydrogen-bond acceptors (Lipinski definition) is 3. The van der Waals surface area contributed by atoms with Gasteiger partial charge in [0.25, 0.3) is 0 Å². The van der Waals surface area contributed by atoms with E-state index in [4.69, 9.17) is 0 Å². The second kappa shape index (κ2) is 7.20. The van der Waals surface area contributed by atoms with Gasteiger partial charge in [0, 0.05) is 32.2 Å². The van der Waals surface area contributed by atoms with Gasteiger partial charge < -0.3 is 10.2 Å². The van der Waals surface area contributed by atoms with Crippen LogP contribution >= 0.6 is 0 Å². The Hall–Kier alpha value is -0.120. The van der Waals surface area contributed by atoms with Crippen molar-refractivity contribution in [3.05, 3.63) is 0 Å². The fourth-order valence-corrected chi connectivity index (χ4v) is 2.17. The molecule has 0 aromatic carbocycles. The molecule has 1 atom stereocenters. The second-order valence-electron chi connectivity index (χ2n) is 4.59. The molecule has 0 saturated carbocycles. The van der Waals surface area contributed by atoms with Crippen LogP contribution in [-0.2, 0) is 0 Å². The van der Waals surface area contributed by atoms with E-state index in [0.717, 1.165) is 12.6 Å². The SMILES string of the molecule is CCC(C)N1CCN(CCCNC)CC1. The Balaban J connectivity index is 2.12. The van der Waals surface area contributed by atoms with E-state index in [0.29, 0.717) is 0 Å². The van der Waals surface area contributed by atoms with E-state index >= 15 is 0 Å². The largest absolute Gasteiger partial charge is 0.320 e. The van der Waals surface area contributed by atoms with E-state index in [9.17, 15) is 0 Å². The highest BCUT2D eigenvalue weighted by Crippen LogP contribution is 2.08. The lowest BCUT2D eigenvalue weighted by atomic mass is 10.2. The van der Waals surface area contributed by atoms with Crippen LogP contribution in [0.4, 0.5) is 0 Å². The Morgan fingerprint density at radius 2 is 1.87 bits per heavy atom. The summed E-state index contributed by atoms with van der Waals surface area (Å²) in [5.41, 5.74) is 0. The van der Waals surface area contributed by atoms with Crippen LogP contribution in [0, 0.1) is 0 Å². The highest BCUT2D eigenvalue weighted by Gasteiger charge is 2.19. The summed E-state index contributed by atoms with van der Waals surface area (Å²) in [5.74, 6) is 0. The number of hydrogen-bond donors (Lipinski definition) is 1. The molecule has 1 heterocycles. The summed E-state index contributed by atoms with van der Waals surface area (Å²) in [5, 5.41) is 3.21. The van der Waals surface area contributed by atoms with Crippen molar-refractivity contribution in [1.29, 1.82) is 0 Å². The van der Waals surface area contributed by atoms with Gasteiger partial charge in [0.05, 0.1) is 0 Å². The maximum absolute atomic E-state index is 3.21. The highest BCUT2D eigenvalue weighted by molar-refractivity contribution is 4.75. The summed E-state index contributed by atoms with van der Waals surface area (Å²) in [6, 6.07) is 0.768. The number of nitrogens with one attached hydrogen (secondary N) is 1. The van der Waals surface area contributed by atoms with Gasteiger partial charge in [-0.3, -0.25) is 4.90 Å². The maximum atomic E-state index is 3.21. The third-order valence-electron chi connectivity index (χ3n) is 3.52. The smallest absolute Gasteiger partial charge is 0.0113 e. The minimum absolute atomic E-state index is 0.768. The zero-order valence-corrected chi connectivity index (χ0v) is 10.6. The lowest BCUT2D eigenvalue weighted by Crippen LogP contribution is -2.49. The molecule has 0 amide bonds. The van der Waals surface area contributed by atoms with Gasteiger partial charge in [-0.15, -0.1) is 0 Å². The molecule has 1 rings (SSSR count). The van der Waals surface area contributed by atoms with Crippen LogP contribution in [0.25, 0.3) is 0 Å². The van der Waals surface area contributed by atoms with Gasteiger partial charge in [-0.05, 0) is 39.9 Å². The molecular weight excluding hydrogens is 186 g/mol. The molecule has 0 aliphatic carbocycles. The molecule has 0 spiro atoms. The minimum Gasteiger partial charge on any atom is -0.320 e. The predicted molar refractivity (Wildman–Crippen MR) is 66.3 cm³/mol. The van der Waals surface area contributed by atoms with Crippen LogP contribution in [0.5, 0.6) is 0 Å². The first-order valence-electron chi connectivity index (χ1n) is 6.39. The van der Waals surface area contributed by atoms with Crippen molar-refractivity contribution in [1.82, 2.24) is 15.1 Å². The summed E-state index contributed by atoms with van der Waals surface area (Å²) in [6.07, 6.45) is 2.56. The standard InChI is InChI=1S/C12H27N3/c1-4-12(2)15-10-8-14(9-11-15)7-5-6-13-3/h12-13H,4-11H2,1-3H3. The topological polar surface area (TPSA) is 18.5 Å². The first-order chi connectivity index (χ1) is 7.27. The lowest BCUT2D eigenvalue weighted by Gasteiger charge is -2.37. The van der Waals surface area contributed by atoms with E-state index in [-0.39, 0.29) is 0 Å². The molecule has 1 N–H and O–H groups in total. The summed E-state index contributed by atoms with van der Waals surface area (Å²) in [4.78, 5) is 5.21. The normalized spacial score (nSPS) is 21.8. The third-order valence-corrected chi connectivity index (χ3v) is 3.52. The molecule has 1 aliphatic rings. The van der Waals surface area contributed by atoms with Gasteiger partial charge in [-0.25, -0.2) is 0 Å². The Morgan fingerprint density at radius 3 is 2.40 bits per heavy atom. The molecule has 1 fully saturated rings. The van der Waals surface area contributed by atoms with Crippen molar-refractivity contribution in [2.75, 3.05) is 46.3 Å². The molecule has 0 bridgehead atoms. The summed E-state index contributed by atoms with van der Waals surface area (Å²) in [6.45, 7) is 12.1. The zero-order valence-electron chi connectivity index (χ0n) is 10.6.